The first-order valence-electron chi connectivity index (χ1n) is 9.42. The Morgan fingerprint density at radius 3 is 2.59 bits per heavy atom. The minimum atomic E-state index is -3.07. The lowest BCUT2D eigenvalue weighted by Gasteiger charge is -2.23. The zero-order chi connectivity index (χ0) is 21.2. The van der Waals surface area contributed by atoms with Crippen LogP contribution in [0.5, 0.6) is 11.5 Å². The summed E-state index contributed by atoms with van der Waals surface area (Å²) in [6.07, 6.45) is 1.16. The molecule has 3 rings (SSSR count). The van der Waals surface area contributed by atoms with Gasteiger partial charge < -0.3 is 19.7 Å². The molecule has 2 atom stereocenters. The molecule has 2 heterocycles. The Bertz CT molecular complexity index is 904. The predicted octanol–water partition coefficient (Wildman–Crippen LogP) is 1.16. The van der Waals surface area contributed by atoms with Gasteiger partial charge in [0.15, 0.2) is 21.3 Å². The molecule has 2 amide bonds. The maximum absolute atomic E-state index is 12.5. The lowest BCUT2D eigenvalue weighted by atomic mass is 10.1. The number of methoxy groups -OCH3 is 2. The van der Waals surface area contributed by atoms with E-state index in [1.807, 2.05) is 12.1 Å². The largest absolute Gasteiger partial charge is 0.493 e. The third-order valence-electron chi connectivity index (χ3n) is 5.42. The third-order valence-corrected chi connectivity index (χ3v) is 7.91. The van der Waals surface area contributed by atoms with Crippen LogP contribution >= 0.6 is 15.9 Å². The van der Waals surface area contributed by atoms with Gasteiger partial charge in [-0.2, -0.15) is 0 Å². The average molecular weight is 489 g/mol. The molecule has 0 saturated carbocycles. The summed E-state index contributed by atoms with van der Waals surface area (Å²) in [5, 5.41) is 2.89. The molecule has 0 spiro atoms. The standard InChI is InChI=1S/C19H25BrN2O6S/c1-27-16-7-12(15(20)9-17(16)28-2)3-5-21-19(24)13-8-18(23)22(10-13)14-4-6-29(25,26)11-14/h7,9,13-14H,3-6,8,10-11H2,1-2H3,(H,21,24)/t13-,14-/m0/s1. The van der Waals surface area contributed by atoms with Gasteiger partial charge in [-0.15, -0.1) is 0 Å². The molecule has 2 aliphatic heterocycles. The second kappa shape index (κ2) is 8.91. The van der Waals surface area contributed by atoms with E-state index < -0.39 is 15.8 Å². The number of nitrogens with one attached hydrogen (secondary N) is 1. The van der Waals surface area contributed by atoms with Crippen molar-refractivity contribution in [2.24, 2.45) is 5.92 Å². The SMILES string of the molecule is COc1cc(Br)c(CCNC(=O)[C@H]2CC(=O)N([C@H]3CCS(=O)(=O)C3)C2)cc1OC. The Morgan fingerprint density at radius 2 is 1.97 bits per heavy atom. The van der Waals surface area contributed by atoms with Crippen molar-refractivity contribution in [1.29, 1.82) is 0 Å². The molecule has 0 unspecified atom stereocenters. The number of halogens is 1. The van der Waals surface area contributed by atoms with E-state index in [1.54, 1.807) is 19.1 Å². The fraction of sp³-hybridized carbons (Fsp3) is 0.579. The number of benzene rings is 1. The molecule has 1 aromatic rings. The summed E-state index contributed by atoms with van der Waals surface area (Å²) in [5.74, 6) is 0.567. The van der Waals surface area contributed by atoms with Gasteiger partial charge in [0, 0.05) is 30.0 Å². The number of hydrogen-bond acceptors (Lipinski definition) is 6. The van der Waals surface area contributed by atoms with Gasteiger partial charge in [-0.25, -0.2) is 8.42 Å². The number of likely N-dealkylation sites (tertiary alicyclic amines) is 1. The quantitative estimate of drug-likeness (QED) is 0.617. The summed E-state index contributed by atoms with van der Waals surface area (Å²) < 4.78 is 34.8. The molecule has 0 aliphatic carbocycles. The van der Waals surface area contributed by atoms with Crippen molar-refractivity contribution in [2.75, 3.05) is 38.8 Å². The zero-order valence-electron chi connectivity index (χ0n) is 16.4. The minimum absolute atomic E-state index is 0.000405. The lowest BCUT2D eigenvalue weighted by molar-refractivity contribution is -0.130. The molecule has 2 aliphatic rings. The molecule has 8 nitrogen and oxygen atoms in total. The van der Waals surface area contributed by atoms with Crippen LogP contribution in [0.1, 0.15) is 18.4 Å². The van der Waals surface area contributed by atoms with Crippen molar-refractivity contribution in [2.45, 2.75) is 25.3 Å². The summed E-state index contributed by atoms with van der Waals surface area (Å²) >= 11 is 3.50. The lowest BCUT2D eigenvalue weighted by Crippen LogP contribution is -2.39. The molecule has 10 heteroatoms. The third kappa shape index (κ3) is 5.03. The number of carbonyl (C=O) groups excluding carboxylic acids is 2. The Labute approximate surface area is 179 Å². The Morgan fingerprint density at radius 1 is 1.28 bits per heavy atom. The van der Waals surface area contributed by atoms with Crippen LogP contribution in [0, 0.1) is 5.92 Å². The summed E-state index contributed by atoms with van der Waals surface area (Å²) in [6.45, 7) is 0.695. The summed E-state index contributed by atoms with van der Waals surface area (Å²) in [5.41, 5.74) is 0.961. The topological polar surface area (TPSA) is 102 Å². The normalized spacial score (nSPS) is 23.3. The molecule has 1 aromatic carbocycles. The number of sulfone groups is 1. The molecular weight excluding hydrogens is 464 g/mol. The molecule has 2 saturated heterocycles. The van der Waals surface area contributed by atoms with E-state index in [9.17, 15) is 18.0 Å². The molecular formula is C19H25BrN2O6S. The van der Waals surface area contributed by atoms with Crippen molar-refractivity contribution in [3.8, 4) is 11.5 Å². The number of hydrogen-bond donors (Lipinski definition) is 1. The highest BCUT2D eigenvalue weighted by Gasteiger charge is 2.41. The zero-order valence-corrected chi connectivity index (χ0v) is 18.8. The number of ether oxygens (including phenoxy) is 2. The van der Waals surface area contributed by atoms with Gasteiger partial charge in [-0.05, 0) is 30.5 Å². The first-order valence-corrected chi connectivity index (χ1v) is 12.0. The van der Waals surface area contributed by atoms with Gasteiger partial charge in [0.05, 0.1) is 31.6 Å². The van der Waals surface area contributed by atoms with E-state index >= 15 is 0 Å². The first-order chi connectivity index (χ1) is 13.7. The van der Waals surface area contributed by atoms with Crippen molar-refractivity contribution in [3.63, 3.8) is 0 Å². The molecule has 1 N–H and O–H groups in total. The van der Waals surface area contributed by atoms with Crippen LogP contribution in [0.3, 0.4) is 0 Å². The number of carbonyl (C=O) groups is 2. The van der Waals surface area contributed by atoms with Crippen LogP contribution in [0.25, 0.3) is 0 Å². The Hall–Kier alpha value is -1.81. The van der Waals surface area contributed by atoms with Gasteiger partial charge in [0.25, 0.3) is 0 Å². The Kier molecular flexibility index (Phi) is 6.72. The van der Waals surface area contributed by atoms with E-state index in [0.29, 0.717) is 30.9 Å². The molecule has 0 bridgehead atoms. The highest BCUT2D eigenvalue weighted by atomic mass is 79.9. The summed E-state index contributed by atoms with van der Waals surface area (Å²) in [6, 6.07) is 3.38. The van der Waals surface area contributed by atoms with Gasteiger partial charge in [0.2, 0.25) is 11.8 Å². The molecule has 29 heavy (non-hydrogen) atoms. The predicted molar refractivity (Wildman–Crippen MR) is 111 cm³/mol. The molecule has 0 aromatic heterocycles. The smallest absolute Gasteiger partial charge is 0.225 e. The number of amides is 2. The van der Waals surface area contributed by atoms with E-state index in [-0.39, 0.29) is 42.3 Å². The summed E-state index contributed by atoms with van der Waals surface area (Å²) in [4.78, 5) is 26.4. The highest BCUT2D eigenvalue weighted by molar-refractivity contribution is 9.10. The second-order valence-corrected chi connectivity index (χ2v) is 10.4. The fourth-order valence-corrected chi connectivity index (χ4v) is 6.09. The second-order valence-electron chi connectivity index (χ2n) is 7.34. The van der Waals surface area contributed by atoms with E-state index in [1.165, 1.54) is 0 Å². The van der Waals surface area contributed by atoms with Crippen molar-refractivity contribution in [1.82, 2.24) is 10.2 Å². The van der Waals surface area contributed by atoms with Crippen molar-refractivity contribution < 1.29 is 27.5 Å². The maximum atomic E-state index is 12.5. The fourth-order valence-electron chi connectivity index (χ4n) is 3.83. The van der Waals surface area contributed by atoms with Crippen LogP contribution < -0.4 is 14.8 Å². The molecule has 0 radical (unpaired) electrons. The Balaban J connectivity index is 1.53. The van der Waals surface area contributed by atoms with Gasteiger partial charge in [0.1, 0.15) is 0 Å². The molecule has 160 valence electrons. The van der Waals surface area contributed by atoms with Gasteiger partial charge in [-0.1, -0.05) is 15.9 Å². The van der Waals surface area contributed by atoms with Gasteiger partial charge >= 0.3 is 0 Å². The maximum Gasteiger partial charge on any atom is 0.225 e. The molecule has 2 fully saturated rings. The van der Waals surface area contributed by atoms with Crippen LogP contribution in [0.4, 0.5) is 0 Å². The average Bonchev–Trinajstić information content (AvgIpc) is 3.24. The van der Waals surface area contributed by atoms with Crippen LogP contribution in [-0.4, -0.2) is 70.0 Å². The minimum Gasteiger partial charge on any atom is -0.493 e. The van der Waals surface area contributed by atoms with Crippen LogP contribution in [0.2, 0.25) is 0 Å². The van der Waals surface area contributed by atoms with Crippen LogP contribution in [-0.2, 0) is 25.8 Å². The van der Waals surface area contributed by atoms with E-state index in [0.717, 1.165) is 10.0 Å². The van der Waals surface area contributed by atoms with E-state index in [4.69, 9.17) is 9.47 Å². The number of nitrogens with zero attached hydrogens (tertiary/aromatic N) is 1. The highest BCUT2D eigenvalue weighted by Crippen LogP contribution is 2.33. The van der Waals surface area contributed by atoms with Crippen molar-refractivity contribution in [3.05, 3.63) is 22.2 Å². The first kappa shape index (κ1) is 21.9. The monoisotopic (exact) mass is 488 g/mol. The van der Waals surface area contributed by atoms with Crippen molar-refractivity contribution >= 4 is 37.6 Å². The van der Waals surface area contributed by atoms with E-state index in [2.05, 4.69) is 21.2 Å². The summed E-state index contributed by atoms with van der Waals surface area (Å²) in [7, 11) is 0.0602. The number of rotatable bonds is 7. The van der Waals surface area contributed by atoms with Crippen LogP contribution in [0.15, 0.2) is 16.6 Å². The van der Waals surface area contributed by atoms with Gasteiger partial charge in [-0.3, -0.25) is 9.59 Å².